The van der Waals surface area contributed by atoms with Crippen LogP contribution in [-0.4, -0.2) is 48.0 Å². The highest BCUT2D eigenvalue weighted by molar-refractivity contribution is 6.29. The minimum atomic E-state index is 0.578. The Labute approximate surface area is 114 Å². The highest BCUT2D eigenvalue weighted by Gasteiger charge is 2.43. The van der Waals surface area contributed by atoms with Gasteiger partial charge in [-0.05, 0) is 50.0 Å². The highest BCUT2D eigenvalue weighted by atomic mass is 35.5. The minimum Gasteiger partial charge on any atom is -0.306 e. The van der Waals surface area contributed by atoms with Crippen LogP contribution in [0.2, 0.25) is 5.15 Å². The zero-order chi connectivity index (χ0) is 12.6. The van der Waals surface area contributed by atoms with Crippen LogP contribution in [0.15, 0.2) is 18.3 Å². The molecule has 0 bridgehead atoms. The molecule has 3 rings (SSSR count). The highest BCUT2D eigenvalue weighted by Crippen LogP contribution is 2.40. The molecular formula is C14H20ClN3. The SMILES string of the molecule is CN1CCC2(CC1)CN(Cc1ccc(Cl)nc1)C2. The molecule has 1 spiro atoms. The van der Waals surface area contributed by atoms with Crippen molar-refractivity contribution in [1.82, 2.24) is 14.8 Å². The van der Waals surface area contributed by atoms with E-state index >= 15 is 0 Å². The number of nitrogens with zero attached hydrogens (tertiary/aromatic N) is 3. The molecule has 0 radical (unpaired) electrons. The summed E-state index contributed by atoms with van der Waals surface area (Å²) in [6.07, 6.45) is 4.61. The quantitative estimate of drug-likeness (QED) is 0.765. The summed E-state index contributed by atoms with van der Waals surface area (Å²) in [4.78, 5) is 9.10. The molecule has 3 nitrogen and oxygen atoms in total. The van der Waals surface area contributed by atoms with Gasteiger partial charge in [-0.15, -0.1) is 0 Å². The molecule has 18 heavy (non-hydrogen) atoms. The number of pyridine rings is 1. The molecule has 0 unspecified atom stereocenters. The molecule has 2 aliphatic rings. The van der Waals surface area contributed by atoms with Gasteiger partial charge in [0.25, 0.3) is 0 Å². The Morgan fingerprint density at radius 1 is 1.28 bits per heavy atom. The van der Waals surface area contributed by atoms with E-state index in [1.165, 1.54) is 44.6 Å². The lowest BCUT2D eigenvalue weighted by molar-refractivity contribution is -0.0471. The topological polar surface area (TPSA) is 19.4 Å². The lowest BCUT2D eigenvalue weighted by Gasteiger charge is -2.54. The first-order valence-corrected chi connectivity index (χ1v) is 7.04. The van der Waals surface area contributed by atoms with E-state index in [0.29, 0.717) is 10.6 Å². The van der Waals surface area contributed by atoms with Gasteiger partial charge in [0.05, 0.1) is 0 Å². The Bertz CT molecular complexity index is 402. The van der Waals surface area contributed by atoms with E-state index in [-0.39, 0.29) is 0 Å². The molecule has 0 atom stereocenters. The van der Waals surface area contributed by atoms with Crippen molar-refractivity contribution in [3.8, 4) is 0 Å². The molecule has 0 aromatic carbocycles. The molecular weight excluding hydrogens is 246 g/mol. The van der Waals surface area contributed by atoms with Crippen molar-refractivity contribution >= 4 is 11.6 Å². The molecule has 2 saturated heterocycles. The van der Waals surface area contributed by atoms with Crippen molar-refractivity contribution in [3.63, 3.8) is 0 Å². The summed E-state index contributed by atoms with van der Waals surface area (Å²) < 4.78 is 0. The van der Waals surface area contributed by atoms with E-state index in [1.807, 2.05) is 12.3 Å². The minimum absolute atomic E-state index is 0.578. The summed E-state index contributed by atoms with van der Waals surface area (Å²) in [7, 11) is 2.22. The average molecular weight is 266 g/mol. The van der Waals surface area contributed by atoms with E-state index in [1.54, 1.807) is 0 Å². The fourth-order valence-electron chi connectivity index (χ4n) is 3.18. The first-order chi connectivity index (χ1) is 8.65. The second-order valence-corrected chi connectivity index (χ2v) is 6.32. The summed E-state index contributed by atoms with van der Waals surface area (Å²) in [5.74, 6) is 0. The Morgan fingerprint density at radius 2 is 2.00 bits per heavy atom. The van der Waals surface area contributed by atoms with Crippen molar-refractivity contribution < 1.29 is 0 Å². The van der Waals surface area contributed by atoms with Gasteiger partial charge in [0.1, 0.15) is 5.15 Å². The van der Waals surface area contributed by atoms with Gasteiger partial charge >= 0.3 is 0 Å². The molecule has 4 heteroatoms. The zero-order valence-electron chi connectivity index (χ0n) is 10.9. The number of hydrogen-bond donors (Lipinski definition) is 0. The summed E-state index contributed by atoms with van der Waals surface area (Å²) in [6, 6.07) is 3.96. The zero-order valence-corrected chi connectivity index (χ0v) is 11.7. The van der Waals surface area contributed by atoms with E-state index in [0.717, 1.165) is 6.54 Å². The average Bonchev–Trinajstić information content (AvgIpc) is 2.33. The maximum absolute atomic E-state index is 5.80. The number of piperidine rings is 1. The van der Waals surface area contributed by atoms with Crippen LogP contribution in [0.5, 0.6) is 0 Å². The summed E-state index contributed by atoms with van der Waals surface area (Å²) in [5, 5.41) is 0.578. The summed E-state index contributed by atoms with van der Waals surface area (Å²) >= 11 is 5.80. The van der Waals surface area contributed by atoms with Crippen molar-refractivity contribution in [1.29, 1.82) is 0 Å². The van der Waals surface area contributed by atoms with Crippen molar-refractivity contribution in [3.05, 3.63) is 29.0 Å². The molecule has 1 aromatic heterocycles. The van der Waals surface area contributed by atoms with Gasteiger partial charge in [-0.2, -0.15) is 0 Å². The molecule has 1 aromatic rings. The van der Waals surface area contributed by atoms with E-state index in [9.17, 15) is 0 Å². The Morgan fingerprint density at radius 3 is 2.61 bits per heavy atom. The Kier molecular flexibility index (Phi) is 3.31. The van der Waals surface area contributed by atoms with Gasteiger partial charge in [0, 0.05) is 25.8 Å². The smallest absolute Gasteiger partial charge is 0.129 e. The van der Waals surface area contributed by atoms with Crippen LogP contribution >= 0.6 is 11.6 Å². The Hall–Kier alpha value is -0.640. The first-order valence-electron chi connectivity index (χ1n) is 6.67. The second kappa shape index (κ2) is 4.80. The van der Waals surface area contributed by atoms with Crippen LogP contribution in [0.25, 0.3) is 0 Å². The van der Waals surface area contributed by atoms with Gasteiger partial charge in [-0.1, -0.05) is 17.7 Å². The molecule has 0 N–H and O–H groups in total. The van der Waals surface area contributed by atoms with E-state index in [4.69, 9.17) is 11.6 Å². The Balaban J connectivity index is 1.52. The van der Waals surface area contributed by atoms with Gasteiger partial charge in [-0.25, -0.2) is 4.98 Å². The standard InChI is InChI=1S/C14H20ClN3/c1-17-6-4-14(5-7-17)10-18(11-14)9-12-2-3-13(15)16-8-12/h2-3,8H,4-7,9-11H2,1H3. The lowest BCUT2D eigenvalue weighted by atomic mass is 9.72. The van der Waals surface area contributed by atoms with E-state index < -0.39 is 0 Å². The molecule has 0 amide bonds. The fraction of sp³-hybridized carbons (Fsp3) is 0.643. The normalized spacial score (nSPS) is 24.1. The van der Waals surface area contributed by atoms with Crippen molar-refractivity contribution in [2.24, 2.45) is 5.41 Å². The first kappa shape index (κ1) is 12.4. The predicted molar refractivity (Wildman–Crippen MR) is 73.7 cm³/mol. The number of halogens is 1. The van der Waals surface area contributed by atoms with Crippen LogP contribution in [0.3, 0.4) is 0 Å². The lowest BCUT2D eigenvalue weighted by Crippen LogP contribution is -2.59. The third-order valence-corrected chi connectivity index (χ3v) is 4.58. The van der Waals surface area contributed by atoms with Crippen molar-refractivity contribution in [2.75, 3.05) is 33.2 Å². The van der Waals surface area contributed by atoms with Crippen LogP contribution in [0, 0.1) is 5.41 Å². The molecule has 2 fully saturated rings. The van der Waals surface area contributed by atoms with E-state index in [2.05, 4.69) is 27.9 Å². The molecule has 98 valence electrons. The maximum Gasteiger partial charge on any atom is 0.129 e. The summed E-state index contributed by atoms with van der Waals surface area (Å²) in [5.41, 5.74) is 1.88. The van der Waals surface area contributed by atoms with Gasteiger partial charge < -0.3 is 4.90 Å². The number of rotatable bonds is 2. The van der Waals surface area contributed by atoms with Crippen LogP contribution in [-0.2, 0) is 6.54 Å². The third kappa shape index (κ3) is 2.53. The van der Waals surface area contributed by atoms with Gasteiger partial charge in [0.15, 0.2) is 0 Å². The maximum atomic E-state index is 5.80. The number of likely N-dealkylation sites (tertiary alicyclic amines) is 2. The van der Waals surface area contributed by atoms with Gasteiger partial charge in [0.2, 0.25) is 0 Å². The molecule has 2 aliphatic heterocycles. The molecule has 3 heterocycles. The van der Waals surface area contributed by atoms with Crippen molar-refractivity contribution in [2.45, 2.75) is 19.4 Å². The van der Waals surface area contributed by atoms with Crippen LogP contribution < -0.4 is 0 Å². The summed E-state index contributed by atoms with van der Waals surface area (Å²) in [6.45, 7) is 6.04. The largest absolute Gasteiger partial charge is 0.306 e. The number of hydrogen-bond acceptors (Lipinski definition) is 3. The predicted octanol–water partition coefficient (Wildman–Crippen LogP) is 2.26. The number of aromatic nitrogens is 1. The second-order valence-electron chi connectivity index (χ2n) is 5.94. The molecule has 0 aliphatic carbocycles. The van der Waals surface area contributed by atoms with Gasteiger partial charge in [-0.3, -0.25) is 4.90 Å². The monoisotopic (exact) mass is 265 g/mol. The third-order valence-electron chi connectivity index (χ3n) is 4.36. The van der Waals surface area contributed by atoms with Crippen LogP contribution in [0.4, 0.5) is 0 Å². The fourth-order valence-corrected chi connectivity index (χ4v) is 3.29. The molecule has 0 saturated carbocycles. The van der Waals surface area contributed by atoms with Crippen LogP contribution in [0.1, 0.15) is 18.4 Å².